The van der Waals surface area contributed by atoms with Crippen molar-refractivity contribution < 1.29 is 9.53 Å². The number of rotatable bonds is 5. The van der Waals surface area contributed by atoms with Gasteiger partial charge >= 0.3 is 5.97 Å². The van der Waals surface area contributed by atoms with Crippen LogP contribution >= 0.6 is 0 Å². The van der Waals surface area contributed by atoms with Crippen molar-refractivity contribution in [2.45, 2.75) is 20.8 Å². The van der Waals surface area contributed by atoms with Gasteiger partial charge in [0, 0.05) is 12.3 Å². The zero-order valence-corrected chi connectivity index (χ0v) is 16.3. The lowest BCUT2D eigenvalue weighted by Crippen LogP contribution is -2.03. The molecule has 0 aliphatic heterocycles. The van der Waals surface area contributed by atoms with Gasteiger partial charge in [0.15, 0.2) is 0 Å². The molecule has 3 heteroatoms. The summed E-state index contributed by atoms with van der Waals surface area (Å²) in [7, 11) is 0. The van der Waals surface area contributed by atoms with Crippen LogP contribution in [0.1, 0.15) is 27.8 Å². The van der Waals surface area contributed by atoms with Crippen molar-refractivity contribution in [3.8, 4) is 5.75 Å². The van der Waals surface area contributed by atoms with Gasteiger partial charge in [-0.25, -0.2) is 4.79 Å². The molecular formula is C25H23NO2. The molecule has 0 unspecified atom stereocenters. The topological polar surface area (TPSA) is 38.7 Å². The molecule has 0 saturated carbocycles. The summed E-state index contributed by atoms with van der Waals surface area (Å²) in [5.74, 6) is 0.103. The summed E-state index contributed by atoms with van der Waals surface area (Å²) in [6.07, 6.45) is 5.05. The number of esters is 1. The molecule has 3 aromatic rings. The lowest BCUT2D eigenvalue weighted by atomic mass is 10.1. The predicted molar refractivity (Wildman–Crippen MR) is 115 cm³/mol. The molecule has 3 nitrogen and oxygen atoms in total. The summed E-state index contributed by atoms with van der Waals surface area (Å²) in [6, 6.07) is 21.5. The van der Waals surface area contributed by atoms with E-state index in [0.29, 0.717) is 5.75 Å². The number of carbonyl (C=O) groups excluding carboxylic acids is 1. The van der Waals surface area contributed by atoms with E-state index in [0.717, 1.165) is 27.9 Å². The van der Waals surface area contributed by atoms with Gasteiger partial charge in [-0.2, -0.15) is 0 Å². The minimum atomic E-state index is -0.403. The van der Waals surface area contributed by atoms with Crippen molar-refractivity contribution in [3.63, 3.8) is 0 Å². The van der Waals surface area contributed by atoms with Crippen LogP contribution in [-0.4, -0.2) is 12.2 Å². The fraction of sp³-hybridized carbons (Fsp3) is 0.120. The molecule has 3 rings (SSSR count). The second-order valence-corrected chi connectivity index (χ2v) is 6.73. The van der Waals surface area contributed by atoms with E-state index in [4.69, 9.17) is 4.74 Å². The van der Waals surface area contributed by atoms with Crippen LogP contribution in [0.2, 0.25) is 0 Å². The first-order valence-corrected chi connectivity index (χ1v) is 9.18. The van der Waals surface area contributed by atoms with Crippen molar-refractivity contribution in [3.05, 3.63) is 101 Å². The van der Waals surface area contributed by atoms with Gasteiger partial charge in [-0.1, -0.05) is 54.1 Å². The lowest BCUT2D eigenvalue weighted by Gasteiger charge is -2.05. The van der Waals surface area contributed by atoms with Crippen LogP contribution in [0, 0.1) is 20.8 Å². The average Bonchev–Trinajstić information content (AvgIpc) is 2.67. The molecule has 0 heterocycles. The van der Waals surface area contributed by atoms with Crippen LogP contribution in [0.15, 0.2) is 77.8 Å². The molecule has 0 atom stereocenters. The molecule has 0 aliphatic carbocycles. The average molecular weight is 369 g/mol. The fourth-order valence-corrected chi connectivity index (χ4v) is 2.84. The van der Waals surface area contributed by atoms with Crippen LogP contribution in [0.3, 0.4) is 0 Å². The van der Waals surface area contributed by atoms with Crippen LogP contribution in [-0.2, 0) is 4.79 Å². The first-order chi connectivity index (χ1) is 13.5. The van der Waals surface area contributed by atoms with Gasteiger partial charge in [0.25, 0.3) is 0 Å². The van der Waals surface area contributed by atoms with Gasteiger partial charge in [0.05, 0.1) is 5.69 Å². The highest BCUT2D eigenvalue weighted by Gasteiger charge is 2.04. The maximum atomic E-state index is 12.1. The Kier molecular flexibility index (Phi) is 6.18. The van der Waals surface area contributed by atoms with Gasteiger partial charge < -0.3 is 4.74 Å². The van der Waals surface area contributed by atoms with Gasteiger partial charge in [-0.05, 0) is 67.3 Å². The van der Waals surface area contributed by atoms with Crippen LogP contribution in [0.25, 0.3) is 6.08 Å². The van der Waals surface area contributed by atoms with E-state index < -0.39 is 5.97 Å². The number of aryl methyl sites for hydroxylation is 3. The van der Waals surface area contributed by atoms with Gasteiger partial charge in [-0.15, -0.1) is 0 Å². The van der Waals surface area contributed by atoms with E-state index >= 15 is 0 Å². The standard InChI is InChI=1S/C25H23NO2/c1-18-9-10-22(19(2)15-18)11-14-25(27)28-23-12-13-24(20(3)16-23)26-17-21-7-5-4-6-8-21/h4-17H,1-3H3/b14-11+,26-17+. The van der Waals surface area contributed by atoms with E-state index in [1.807, 2.05) is 81.6 Å². The van der Waals surface area contributed by atoms with Crippen molar-refractivity contribution in [1.82, 2.24) is 0 Å². The molecule has 0 aliphatic rings. The summed E-state index contributed by atoms with van der Waals surface area (Å²) in [5.41, 5.74) is 6.15. The highest BCUT2D eigenvalue weighted by atomic mass is 16.5. The number of benzene rings is 3. The van der Waals surface area contributed by atoms with Gasteiger partial charge in [0.1, 0.15) is 5.75 Å². The van der Waals surface area contributed by atoms with Crippen LogP contribution in [0.4, 0.5) is 5.69 Å². The molecule has 0 spiro atoms. The van der Waals surface area contributed by atoms with Crippen molar-refractivity contribution in [2.24, 2.45) is 4.99 Å². The lowest BCUT2D eigenvalue weighted by molar-refractivity contribution is -0.128. The highest BCUT2D eigenvalue weighted by Crippen LogP contribution is 2.24. The number of nitrogens with zero attached hydrogens (tertiary/aromatic N) is 1. The van der Waals surface area contributed by atoms with Crippen molar-refractivity contribution >= 4 is 23.9 Å². The van der Waals surface area contributed by atoms with E-state index in [-0.39, 0.29) is 0 Å². The fourth-order valence-electron chi connectivity index (χ4n) is 2.84. The molecule has 0 aromatic heterocycles. The second kappa shape index (κ2) is 8.96. The third-order valence-electron chi connectivity index (χ3n) is 4.36. The molecule has 0 amide bonds. The number of hydrogen-bond donors (Lipinski definition) is 0. The van der Waals surface area contributed by atoms with Crippen LogP contribution in [0.5, 0.6) is 5.75 Å². The Morgan fingerprint density at radius 1 is 0.893 bits per heavy atom. The molecule has 28 heavy (non-hydrogen) atoms. The zero-order chi connectivity index (χ0) is 19.9. The summed E-state index contributed by atoms with van der Waals surface area (Å²) in [5, 5.41) is 0. The number of carbonyl (C=O) groups is 1. The zero-order valence-electron chi connectivity index (χ0n) is 16.3. The van der Waals surface area contributed by atoms with E-state index in [1.165, 1.54) is 11.6 Å². The van der Waals surface area contributed by atoms with E-state index in [2.05, 4.69) is 11.1 Å². The quantitative estimate of drug-likeness (QED) is 0.240. The molecule has 0 saturated heterocycles. The molecule has 140 valence electrons. The van der Waals surface area contributed by atoms with Crippen molar-refractivity contribution in [2.75, 3.05) is 0 Å². The second-order valence-electron chi connectivity index (χ2n) is 6.73. The van der Waals surface area contributed by atoms with Crippen molar-refractivity contribution in [1.29, 1.82) is 0 Å². The largest absolute Gasteiger partial charge is 0.423 e. The summed E-state index contributed by atoms with van der Waals surface area (Å²) in [4.78, 5) is 16.6. The minimum Gasteiger partial charge on any atom is -0.423 e. The van der Waals surface area contributed by atoms with Gasteiger partial charge in [0.2, 0.25) is 0 Å². The number of hydrogen-bond acceptors (Lipinski definition) is 3. The Morgan fingerprint density at radius 3 is 2.39 bits per heavy atom. The van der Waals surface area contributed by atoms with Gasteiger partial charge in [-0.3, -0.25) is 4.99 Å². The Balaban J connectivity index is 1.66. The molecule has 0 radical (unpaired) electrons. The minimum absolute atomic E-state index is 0.403. The molecule has 3 aromatic carbocycles. The number of aliphatic imine (C=N–C) groups is 1. The monoisotopic (exact) mass is 369 g/mol. The first kappa shape index (κ1) is 19.3. The first-order valence-electron chi connectivity index (χ1n) is 9.18. The smallest absolute Gasteiger partial charge is 0.336 e. The van der Waals surface area contributed by atoms with E-state index in [9.17, 15) is 4.79 Å². The Morgan fingerprint density at radius 2 is 1.68 bits per heavy atom. The summed E-state index contributed by atoms with van der Waals surface area (Å²) >= 11 is 0. The Labute approximate surface area is 166 Å². The van der Waals surface area contributed by atoms with Crippen LogP contribution < -0.4 is 4.74 Å². The summed E-state index contributed by atoms with van der Waals surface area (Å²) in [6.45, 7) is 6.02. The maximum Gasteiger partial charge on any atom is 0.336 e. The Hall–Kier alpha value is -3.46. The third-order valence-corrected chi connectivity index (χ3v) is 4.36. The third kappa shape index (κ3) is 5.27. The molecule has 0 N–H and O–H groups in total. The normalized spacial score (nSPS) is 11.2. The molecule has 0 fully saturated rings. The highest BCUT2D eigenvalue weighted by molar-refractivity contribution is 5.89. The summed E-state index contributed by atoms with van der Waals surface area (Å²) < 4.78 is 5.42. The molecular weight excluding hydrogens is 346 g/mol. The predicted octanol–water partition coefficient (Wildman–Crippen LogP) is 5.98. The Bertz CT molecular complexity index is 1030. The SMILES string of the molecule is Cc1ccc(/C=C/C(=O)Oc2ccc(/N=C/c3ccccc3)c(C)c2)c(C)c1. The van der Waals surface area contributed by atoms with E-state index in [1.54, 1.807) is 12.1 Å². The maximum absolute atomic E-state index is 12.1. The number of ether oxygens (including phenoxy) is 1. The molecule has 0 bridgehead atoms.